The van der Waals surface area contributed by atoms with Crippen LogP contribution in [0.1, 0.15) is 39.5 Å². The van der Waals surface area contributed by atoms with Gasteiger partial charge in [-0.05, 0) is 31.1 Å². The smallest absolute Gasteiger partial charge is 0.326 e. The summed E-state index contributed by atoms with van der Waals surface area (Å²) in [6.45, 7) is 5.65. The van der Waals surface area contributed by atoms with Gasteiger partial charge in [0.25, 0.3) is 0 Å². The lowest BCUT2D eigenvalue weighted by atomic mass is 9.99. The van der Waals surface area contributed by atoms with Crippen molar-refractivity contribution >= 4 is 12.0 Å². The molecule has 0 aromatic heterocycles. The van der Waals surface area contributed by atoms with Crippen molar-refractivity contribution in [3.63, 3.8) is 0 Å². The van der Waals surface area contributed by atoms with Gasteiger partial charge in [-0.3, -0.25) is 0 Å². The monoisotopic (exact) mass is 286 g/mol. The van der Waals surface area contributed by atoms with Gasteiger partial charge in [0.2, 0.25) is 0 Å². The fraction of sp³-hybridized carbons (Fsp3) is 0.857. The van der Waals surface area contributed by atoms with E-state index in [2.05, 4.69) is 10.6 Å². The molecule has 2 atom stereocenters. The van der Waals surface area contributed by atoms with Crippen LogP contribution in [0.2, 0.25) is 0 Å². The molecule has 0 saturated heterocycles. The van der Waals surface area contributed by atoms with Crippen LogP contribution in [0.25, 0.3) is 0 Å². The number of aliphatic carboxylic acids is 1. The number of hydrogen-bond donors (Lipinski definition) is 3. The third-order valence-corrected chi connectivity index (χ3v) is 3.57. The average molecular weight is 286 g/mol. The minimum atomic E-state index is -0.998. The molecule has 2 unspecified atom stereocenters. The van der Waals surface area contributed by atoms with Gasteiger partial charge >= 0.3 is 12.0 Å². The molecule has 1 aliphatic rings. The van der Waals surface area contributed by atoms with Crippen molar-refractivity contribution in [3.05, 3.63) is 0 Å². The van der Waals surface area contributed by atoms with Gasteiger partial charge in [-0.25, -0.2) is 9.59 Å². The predicted octanol–water partition coefficient (Wildman–Crippen LogP) is 1.60. The summed E-state index contributed by atoms with van der Waals surface area (Å²) in [6, 6.07) is -1.27. The minimum Gasteiger partial charge on any atom is -0.480 e. The van der Waals surface area contributed by atoms with Crippen molar-refractivity contribution in [2.24, 2.45) is 11.8 Å². The summed E-state index contributed by atoms with van der Waals surface area (Å²) in [5.41, 5.74) is 0. The normalized spacial score (nSPS) is 17.3. The molecule has 0 aromatic carbocycles. The molecule has 116 valence electrons. The highest BCUT2D eigenvalue weighted by atomic mass is 16.5. The molecule has 1 fully saturated rings. The van der Waals surface area contributed by atoms with E-state index < -0.39 is 18.0 Å². The highest BCUT2D eigenvalue weighted by molar-refractivity contribution is 5.82. The molecule has 0 aromatic rings. The fourth-order valence-electron chi connectivity index (χ4n) is 1.79. The number of ether oxygens (including phenoxy) is 1. The molecule has 1 rings (SSSR count). The van der Waals surface area contributed by atoms with Crippen molar-refractivity contribution in [2.45, 2.75) is 45.6 Å². The summed E-state index contributed by atoms with van der Waals surface area (Å²) in [5, 5.41) is 14.2. The summed E-state index contributed by atoms with van der Waals surface area (Å²) < 4.78 is 5.45. The van der Waals surface area contributed by atoms with E-state index in [1.165, 1.54) is 12.8 Å². The lowest BCUT2D eigenvalue weighted by molar-refractivity contribution is -0.140. The lowest BCUT2D eigenvalue weighted by Gasteiger charge is -2.20. The minimum absolute atomic E-state index is 0.0971. The largest absolute Gasteiger partial charge is 0.480 e. The summed E-state index contributed by atoms with van der Waals surface area (Å²) in [5.74, 6) is -0.347. The summed E-state index contributed by atoms with van der Waals surface area (Å²) in [6.07, 6.45) is 3.98. The van der Waals surface area contributed by atoms with Gasteiger partial charge in [0.15, 0.2) is 0 Å². The number of hydrogen-bond acceptors (Lipinski definition) is 3. The Morgan fingerprint density at radius 1 is 1.40 bits per heavy atom. The zero-order chi connectivity index (χ0) is 15.0. The van der Waals surface area contributed by atoms with E-state index in [1.807, 2.05) is 13.8 Å². The highest BCUT2D eigenvalue weighted by Gasteiger charge is 2.25. The summed E-state index contributed by atoms with van der Waals surface area (Å²) in [7, 11) is 0. The second-order valence-corrected chi connectivity index (χ2v) is 5.47. The van der Waals surface area contributed by atoms with E-state index in [0.29, 0.717) is 19.6 Å². The van der Waals surface area contributed by atoms with Crippen LogP contribution in [0.5, 0.6) is 0 Å². The Kier molecular flexibility index (Phi) is 7.36. The van der Waals surface area contributed by atoms with Crippen LogP contribution in [-0.2, 0) is 9.53 Å². The predicted molar refractivity (Wildman–Crippen MR) is 75.6 cm³/mol. The first-order valence-electron chi connectivity index (χ1n) is 7.39. The third-order valence-electron chi connectivity index (χ3n) is 3.57. The van der Waals surface area contributed by atoms with Gasteiger partial charge in [0.1, 0.15) is 6.04 Å². The number of carboxylic acid groups (broad SMARTS) is 1. The Bertz CT molecular complexity index is 318. The van der Waals surface area contributed by atoms with Gasteiger partial charge in [-0.2, -0.15) is 0 Å². The maximum Gasteiger partial charge on any atom is 0.326 e. The van der Waals surface area contributed by atoms with Crippen molar-refractivity contribution in [1.82, 2.24) is 10.6 Å². The van der Waals surface area contributed by atoms with E-state index in [1.54, 1.807) is 0 Å². The maximum absolute atomic E-state index is 11.6. The molecule has 6 heteroatoms. The van der Waals surface area contributed by atoms with Crippen molar-refractivity contribution in [1.29, 1.82) is 0 Å². The van der Waals surface area contributed by atoms with Crippen molar-refractivity contribution in [3.8, 4) is 0 Å². The quantitative estimate of drug-likeness (QED) is 0.532. The summed E-state index contributed by atoms with van der Waals surface area (Å²) in [4.78, 5) is 22.7. The van der Waals surface area contributed by atoms with Crippen molar-refractivity contribution in [2.75, 3.05) is 19.8 Å². The Morgan fingerprint density at radius 2 is 2.10 bits per heavy atom. The first-order valence-corrected chi connectivity index (χ1v) is 7.39. The second kappa shape index (κ2) is 8.79. The van der Waals surface area contributed by atoms with Gasteiger partial charge in [-0.1, -0.05) is 20.3 Å². The molecule has 0 spiro atoms. The fourth-order valence-corrected chi connectivity index (χ4v) is 1.79. The first-order chi connectivity index (χ1) is 9.54. The first kappa shape index (κ1) is 16.8. The van der Waals surface area contributed by atoms with Crippen LogP contribution < -0.4 is 10.6 Å². The SMILES string of the molecule is CCC(C)C(NC(=O)NCCCOCC1CC1)C(=O)O. The van der Waals surface area contributed by atoms with Gasteiger partial charge in [-0.15, -0.1) is 0 Å². The molecule has 0 bridgehead atoms. The highest BCUT2D eigenvalue weighted by Crippen LogP contribution is 2.28. The van der Waals surface area contributed by atoms with Crippen LogP contribution >= 0.6 is 0 Å². The zero-order valence-corrected chi connectivity index (χ0v) is 12.4. The number of carboxylic acids is 1. The average Bonchev–Trinajstić information content (AvgIpc) is 3.22. The van der Waals surface area contributed by atoms with Crippen LogP contribution in [0, 0.1) is 11.8 Å². The van der Waals surface area contributed by atoms with Gasteiger partial charge < -0.3 is 20.5 Å². The maximum atomic E-state index is 11.6. The molecule has 0 aliphatic heterocycles. The third kappa shape index (κ3) is 6.75. The van der Waals surface area contributed by atoms with E-state index in [9.17, 15) is 9.59 Å². The topological polar surface area (TPSA) is 87.7 Å². The van der Waals surface area contributed by atoms with E-state index >= 15 is 0 Å². The Morgan fingerprint density at radius 3 is 2.65 bits per heavy atom. The van der Waals surface area contributed by atoms with Crippen LogP contribution in [0.15, 0.2) is 0 Å². The Balaban J connectivity index is 2.09. The number of nitrogens with one attached hydrogen (secondary N) is 2. The summed E-state index contributed by atoms with van der Waals surface area (Å²) >= 11 is 0. The zero-order valence-electron chi connectivity index (χ0n) is 12.4. The standard InChI is InChI=1S/C14H26N2O4/c1-3-10(2)12(13(17)18)16-14(19)15-7-4-8-20-9-11-5-6-11/h10-12H,3-9H2,1-2H3,(H,17,18)(H2,15,16,19). The van der Waals surface area contributed by atoms with Crippen LogP contribution in [-0.4, -0.2) is 42.9 Å². The number of rotatable bonds is 10. The molecule has 6 nitrogen and oxygen atoms in total. The Labute approximate surface area is 120 Å². The van der Waals surface area contributed by atoms with E-state index in [-0.39, 0.29) is 5.92 Å². The number of amides is 2. The molecule has 1 saturated carbocycles. The number of carbonyl (C=O) groups excluding carboxylic acids is 1. The molecule has 0 radical (unpaired) electrons. The van der Waals surface area contributed by atoms with Gasteiger partial charge in [0, 0.05) is 19.8 Å². The van der Waals surface area contributed by atoms with Crippen LogP contribution in [0.4, 0.5) is 4.79 Å². The van der Waals surface area contributed by atoms with Crippen molar-refractivity contribution < 1.29 is 19.4 Å². The second-order valence-electron chi connectivity index (χ2n) is 5.47. The molecular formula is C14H26N2O4. The Hall–Kier alpha value is -1.30. The van der Waals surface area contributed by atoms with Gasteiger partial charge in [0.05, 0.1) is 0 Å². The lowest BCUT2D eigenvalue weighted by Crippen LogP contribution is -2.49. The van der Waals surface area contributed by atoms with E-state index in [0.717, 1.165) is 18.9 Å². The van der Waals surface area contributed by atoms with Crippen LogP contribution in [0.3, 0.4) is 0 Å². The molecule has 3 N–H and O–H groups in total. The van der Waals surface area contributed by atoms with E-state index in [4.69, 9.17) is 9.84 Å². The molecule has 0 heterocycles. The number of urea groups is 1. The molecule has 1 aliphatic carbocycles. The number of carbonyl (C=O) groups is 2. The molecular weight excluding hydrogens is 260 g/mol. The molecule has 20 heavy (non-hydrogen) atoms. The molecule has 2 amide bonds.